The van der Waals surface area contributed by atoms with Crippen LogP contribution in [0.2, 0.25) is 0 Å². The number of nitrogens with one attached hydrogen (secondary N) is 1. The largest absolute Gasteiger partial charge is 0.497 e. The van der Waals surface area contributed by atoms with Crippen LogP contribution >= 0.6 is 0 Å². The quantitative estimate of drug-likeness (QED) is 0.492. The third-order valence-corrected chi connectivity index (χ3v) is 4.59. The van der Waals surface area contributed by atoms with Crippen molar-refractivity contribution in [3.8, 4) is 5.75 Å². The van der Waals surface area contributed by atoms with E-state index in [1.807, 2.05) is 0 Å². The van der Waals surface area contributed by atoms with Gasteiger partial charge in [-0.25, -0.2) is 4.68 Å². The van der Waals surface area contributed by atoms with E-state index in [4.69, 9.17) is 4.74 Å². The summed E-state index contributed by atoms with van der Waals surface area (Å²) in [6.45, 7) is 1.54. The first-order valence-electron chi connectivity index (χ1n) is 8.69. The van der Waals surface area contributed by atoms with Gasteiger partial charge in [-0.2, -0.15) is 18.3 Å². The van der Waals surface area contributed by atoms with Crippen molar-refractivity contribution in [1.29, 1.82) is 0 Å². The molecule has 1 atom stereocenters. The van der Waals surface area contributed by atoms with E-state index in [0.29, 0.717) is 22.6 Å². The number of rotatable bonds is 5. The fourth-order valence-corrected chi connectivity index (χ4v) is 3.01. The third-order valence-electron chi connectivity index (χ3n) is 4.59. The summed E-state index contributed by atoms with van der Waals surface area (Å²) in [5.74, 6) is 0.682. The van der Waals surface area contributed by atoms with Gasteiger partial charge in [0.1, 0.15) is 5.75 Å². The van der Waals surface area contributed by atoms with Gasteiger partial charge in [-0.3, -0.25) is 14.9 Å². The Kier molecular flexibility index (Phi) is 5.38. The lowest BCUT2D eigenvalue weighted by molar-refractivity contribution is -0.385. The van der Waals surface area contributed by atoms with Gasteiger partial charge in [0.15, 0.2) is 5.82 Å². The number of non-ortho nitro benzene ring substituents is 1. The molecule has 1 N–H and O–H groups in total. The maximum Gasteiger partial charge on any atom is 0.416 e. The van der Waals surface area contributed by atoms with Crippen molar-refractivity contribution in [2.45, 2.75) is 19.1 Å². The van der Waals surface area contributed by atoms with Crippen LogP contribution in [0.25, 0.3) is 10.8 Å². The Morgan fingerprint density at radius 1 is 1.20 bits per heavy atom. The highest BCUT2D eigenvalue weighted by Crippen LogP contribution is 2.35. The Morgan fingerprint density at radius 3 is 2.50 bits per heavy atom. The number of benzene rings is 2. The van der Waals surface area contributed by atoms with Gasteiger partial charge in [0, 0.05) is 24.6 Å². The van der Waals surface area contributed by atoms with E-state index in [1.165, 1.54) is 21.1 Å². The summed E-state index contributed by atoms with van der Waals surface area (Å²) in [4.78, 5) is 22.6. The number of aromatic nitrogens is 2. The van der Waals surface area contributed by atoms with Gasteiger partial charge in [-0.05, 0) is 36.8 Å². The number of alkyl halides is 3. The van der Waals surface area contributed by atoms with Crippen LogP contribution in [0, 0.1) is 10.1 Å². The number of nitro groups is 1. The van der Waals surface area contributed by atoms with Crippen LogP contribution in [-0.4, -0.2) is 21.8 Å². The highest BCUT2D eigenvalue weighted by atomic mass is 19.4. The number of halogens is 3. The smallest absolute Gasteiger partial charge is 0.416 e. The molecule has 8 nitrogen and oxygen atoms in total. The second-order valence-corrected chi connectivity index (χ2v) is 6.62. The first-order valence-corrected chi connectivity index (χ1v) is 8.69. The Balaban J connectivity index is 2.10. The summed E-state index contributed by atoms with van der Waals surface area (Å²) in [6.07, 6.45) is -4.74. The zero-order chi connectivity index (χ0) is 22.2. The zero-order valence-corrected chi connectivity index (χ0v) is 16.1. The molecule has 0 aliphatic rings. The van der Waals surface area contributed by atoms with Crippen LogP contribution in [0.15, 0.2) is 41.2 Å². The topological polar surface area (TPSA) is 99.3 Å². The minimum Gasteiger partial charge on any atom is -0.497 e. The molecule has 0 fully saturated rings. The fraction of sp³-hybridized carbons (Fsp3) is 0.263. The van der Waals surface area contributed by atoms with Gasteiger partial charge in [0.05, 0.1) is 29.0 Å². The Morgan fingerprint density at radius 2 is 1.90 bits per heavy atom. The normalized spacial score (nSPS) is 12.6. The molecule has 0 aliphatic heterocycles. The molecule has 0 spiro atoms. The van der Waals surface area contributed by atoms with E-state index in [-0.39, 0.29) is 16.9 Å². The molecular formula is C19H17F3N4O4. The molecule has 3 rings (SSSR count). The number of ether oxygens (including phenoxy) is 1. The first-order chi connectivity index (χ1) is 14.0. The molecule has 0 saturated carbocycles. The predicted octanol–water partition coefficient (Wildman–Crippen LogP) is 4.04. The molecular weight excluding hydrogens is 405 g/mol. The second kappa shape index (κ2) is 7.65. The average Bonchev–Trinajstić information content (AvgIpc) is 2.70. The highest BCUT2D eigenvalue weighted by Gasteiger charge is 2.33. The van der Waals surface area contributed by atoms with Gasteiger partial charge in [0.25, 0.3) is 11.2 Å². The van der Waals surface area contributed by atoms with Crippen LogP contribution in [0.4, 0.5) is 24.7 Å². The van der Waals surface area contributed by atoms with Crippen molar-refractivity contribution in [1.82, 2.24) is 9.78 Å². The predicted molar refractivity (Wildman–Crippen MR) is 104 cm³/mol. The molecule has 0 bridgehead atoms. The Hall–Kier alpha value is -3.63. The molecule has 2 aromatic carbocycles. The monoisotopic (exact) mass is 422 g/mol. The third kappa shape index (κ3) is 4.04. The minimum atomic E-state index is -4.74. The molecule has 11 heteroatoms. The van der Waals surface area contributed by atoms with Crippen molar-refractivity contribution < 1.29 is 22.8 Å². The van der Waals surface area contributed by atoms with Crippen LogP contribution in [0.5, 0.6) is 5.75 Å². The summed E-state index contributed by atoms with van der Waals surface area (Å²) >= 11 is 0. The van der Waals surface area contributed by atoms with E-state index in [0.717, 1.165) is 16.8 Å². The maximum absolute atomic E-state index is 13.2. The summed E-state index contributed by atoms with van der Waals surface area (Å²) in [5.41, 5.74) is -2.11. The summed E-state index contributed by atoms with van der Waals surface area (Å²) in [7, 11) is 2.89. The summed E-state index contributed by atoms with van der Waals surface area (Å²) < 4.78 is 45.8. The molecule has 3 aromatic rings. The number of hydrogen-bond acceptors (Lipinski definition) is 6. The van der Waals surface area contributed by atoms with E-state index in [1.54, 1.807) is 18.2 Å². The lowest BCUT2D eigenvalue weighted by Crippen LogP contribution is -2.22. The van der Waals surface area contributed by atoms with Crippen LogP contribution < -0.4 is 15.6 Å². The first kappa shape index (κ1) is 21.1. The molecule has 0 saturated heterocycles. The molecule has 1 aromatic heterocycles. The summed E-state index contributed by atoms with van der Waals surface area (Å²) in [6, 6.07) is 6.35. The van der Waals surface area contributed by atoms with Crippen molar-refractivity contribution >= 4 is 22.3 Å². The standard InChI is InChI=1S/C19H17F3N4O4/c1-10(11-6-12(19(20,21)22)8-13(7-11)26(28)29)23-17-16-9-14(30-3)4-5-15(16)18(27)25(2)24-17/h4-10H,1-3H3,(H,23,24). The minimum absolute atomic E-state index is 0.0447. The number of nitro benzene ring substituents is 1. The highest BCUT2D eigenvalue weighted by molar-refractivity contribution is 5.92. The Bertz CT molecular complexity index is 1190. The zero-order valence-electron chi connectivity index (χ0n) is 16.1. The average molecular weight is 422 g/mol. The summed E-state index contributed by atoms with van der Waals surface area (Å²) in [5, 5.41) is 18.9. The fourth-order valence-electron chi connectivity index (χ4n) is 3.01. The van der Waals surface area contributed by atoms with E-state index in [9.17, 15) is 28.1 Å². The number of nitrogens with zero attached hydrogens (tertiary/aromatic N) is 3. The lowest BCUT2D eigenvalue weighted by Gasteiger charge is -2.18. The van der Waals surface area contributed by atoms with Gasteiger partial charge >= 0.3 is 6.18 Å². The van der Waals surface area contributed by atoms with Crippen LogP contribution in [0.3, 0.4) is 0 Å². The van der Waals surface area contributed by atoms with E-state index < -0.39 is 28.4 Å². The number of fused-ring (bicyclic) bond motifs is 1. The molecule has 30 heavy (non-hydrogen) atoms. The molecule has 0 radical (unpaired) electrons. The van der Waals surface area contributed by atoms with Crippen LogP contribution in [-0.2, 0) is 13.2 Å². The van der Waals surface area contributed by atoms with E-state index >= 15 is 0 Å². The number of hydrogen-bond donors (Lipinski definition) is 1. The van der Waals surface area contributed by atoms with Crippen molar-refractivity contribution in [2.75, 3.05) is 12.4 Å². The Labute approximate surface area is 168 Å². The molecule has 0 aliphatic carbocycles. The van der Waals surface area contributed by atoms with E-state index in [2.05, 4.69) is 10.4 Å². The van der Waals surface area contributed by atoms with Gasteiger partial charge in [-0.15, -0.1) is 0 Å². The SMILES string of the molecule is COc1ccc2c(=O)n(C)nc(NC(C)c3cc([N+](=O)[O-])cc(C(F)(F)F)c3)c2c1. The van der Waals surface area contributed by atoms with Gasteiger partial charge in [0.2, 0.25) is 0 Å². The number of anilines is 1. The lowest BCUT2D eigenvalue weighted by atomic mass is 10.0. The van der Waals surface area contributed by atoms with Crippen molar-refractivity contribution in [3.63, 3.8) is 0 Å². The molecule has 158 valence electrons. The van der Waals surface area contributed by atoms with Crippen molar-refractivity contribution in [2.24, 2.45) is 7.05 Å². The number of aryl methyl sites for hydroxylation is 1. The molecule has 1 heterocycles. The number of methoxy groups -OCH3 is 1. The van der Waals surface area contributed by atoms with Crippen molar-refractivity contribution in [3.05, 3.63) is 68.0 Å². The maximum atomic E-state index is 13.2. The van der Waals surface area contributed by atoms with Gasteiger partial charge < -0.3 is 10.1 Å². The molecule has 1 unspecified atom stereocenters. The van der Waals surface area contributed by atoms with Gasteiger partial charge in [-0.1, -0.05) is 0 Å². The van der Waals surface area contributed by atoms with Crippen LogP contribution in [0.1, 0.15) is 24.1 Å². The molecule has 0 amide bonds. The second-order valence-electron chi connectivity index (χ2n) is 6.62.